The molecule has 0 saturated heterocycles. The van der Waals surface area contributed by atoms with Gasteiger partial charge < -0.3 is 5.32 Å². The average Bonchev–Trinajstić information content (AvgIpc) is 3.02. The third-order valence-corrected chi connectivity index (χ3v) is 2.79. The summed E-state index contributed by atoms with van der Waals surface area (Å²) in [6.07, 6.45) is -2.23. The van der Waals surface area contributed by atoms with Crippen LogP contribution >= 0.6 is 0 Å². The Balaban J connectivity index is 1.92. The molecule has 0 amide bonds. The van der Waals surface area contributed by atoms with E-state index < -0.39 is 12.0 Å². The van der Waals surface area contributed by atoms with Gasteiger partial charge in [-0.25, -0.2) is 0 Å². The van der Waals surface area contributed by atoms with Crippen LogP contribution in [0.1, 0.15) is 18.7 Å². The Labute approximate surface area is 100 Å². The second-order valence-corrected chi connectivity index (χ2v) is 4.33. The van der Waals surface area contributed by atoms with Crippen molar-refractivity contribution in [1.29, 1.82) is 0 Å². The van der Waals surface area contributed by atoms with Gasteiger partial charge >= 0.3 is 6.18 Å². The first kappa shape index (κ1) is 11.2. The summed E-state index contributed by atoms with van der Waals surface area (Å²) in [4.78, 5) is 0. The Bertz CT molecular complexity index is 572. The van der Waals surface area contributed by atoms with Gasteiger partial charge in [0, 0.05) is 6.54 Å². The van der Waals surface area contributed by atoms with E-state index in [0.29, 0.717) is 11.7 Å². The van der Waals surface area contributed by atoms with E-state index in [0.717, 1.165) is 23.9 Å². The van der Waals surface area contributed by atoms with Gasteiger partial charge in [0.15, 0.2) is 5.65 Å². The fraction of sp³-hybridized carbons (Fsp3) is 0.500. The number of aromatic nitrogens is 4. The normalized spacial score (nSPS) is 16.2. The number of halogens is 3. The minimum Gasteiger partial charge on any atom is -0.368 e. The molecule has 0 bridgehead atoms. The van der Waals surface area contributed by atoms with Crippen LogP contribution in [-0.2, 0) is 6.18 Å². The fourth-order valence-corrected chi connectivity index (χ4v) is 1.63. The molecule has 5 nitrogen and oxygen atoms in total. The molecule has 2 aromatic rings. The molecule has 0 aromatic carbocycles. The van der Waals surface area contributed by atoms with E-state index in [-0.39, 0.29) is 5.65 Å². The van der Waals surface area contributed by atoms with Crippen molar-refractivity contribution in [3.8, 4) is 0 Å². The van der Waals surface area contributed by atoms with Crippen molar-refractivity contribution in [2.24, 2.45) is 5.92 Å². The maximum absolute atomic E-state index is 12.6. The molecular formula is C10H10F3N5. The predicted molar refractivity (Wildman–Crippen MR) is 57.0 cm³/mol. The third-order valence-electron chi connectivity index (χ3n) is 2.79. The molecular weight excluding hydrogens is 247 g/mol. The Hall–Kier alpha value is -1.86. The molecule has 0 aliphatic heterocycles. The number of hydrogen-bond acceptors (Lipinski definition) is 4. The van der Waals surface area contributed by atoms with Gasteiger partial charge in [0.25, 0.3) is 5.82 Å². The highest BCUT2D eigenvalue weighted by Gasteiger charge is 2.37. The lowest BCUT2D eigenvalue weighted by molar-refractivity contribution is -0.146. The molecule has 1 fully saturated rings. The average molecular weight is 257 g/mol. The van der Waals surface area contributed by atoms with Crippen molar-refractivity contribution in [1.82, 2.24) is 19.8 Å². The lowest BCUT2D eigenvalue weighted by Gasteiger charge is -2.06. The van der Waals surface area contributed by atoms with Gasteiger partial charge in [0.05, 0.1) is 0 Å². The zero-order valence-corrected chi connectivity index (χ0v) is 9.28. The van der Waals surface area contributed by atoms with Crippen molar-refractivity contribution >= 4 is 11.5 Å². The number of fused-ring (bicyclic) bond motifs is 1. The van der Waals surface area contributed by atoms with Crippen LogP contribution in [0.2, 0.25) is 0 Å². The molecule has 0 spiro atoms. The molecule has 3 rings (SSSR count). The van der Waals surface area contributed by atoms with Gasteiger partial charge in [0.1, 0.15) is 5.82 Å². The van der Waals surface area contributed by atoms with Gasteiger partial charge in [0.2, 0.25) is 0 Å². The van der Waals surface area contributed by atoms with Gasteiger partial charge in [-0.05, 0) is 30.9 Å². The molecule has 0 unspecified atom stereocenters. The minimum atomic E-state index is -4.55. The van der Waals surface area contributed by atoms with E-state index in [1.165, 1.54) is 6.07 Å². The predicted octanol–water partition coefficient (Wildman–Crippen LogP) is 1.96. The standard InChI is InChI=1S/C10H10F3N5/c11-10(12,13)9-16-15-8-4-3-7(17-18(8)9)14-5-6-1-2-6/h3-4,6H,1-2,5H2,(H,14,17). The molecule has 8 heteroatoms. The van der Waals surface area contributed by atoms with Crippen molar-refractivity contribution in [3.63, 3.8) is 0 Å². The monoisotopic (exact) mass is 257 g/mol. The molecule has 2 aromatic heterocycles. The Morgan fingerprint density at radius 1 is 1.28 bits per heavy atom. The highest BCUT2D eigenvalue weighted by molar-refractivity contribution is 5.44. The van der Waals surface area contributed by atoms with Gasteiger partial charge in [-0.3, -0.25) is 0 Å². The molecule has 1 saturated carbocycles. The summed E-state index contributed by atoms with van der Waals surface area (Å²) in [5, 5.41) is 13.4. The van der Waals surface area contributed by atoms with E-state index in [9.17, 15) is 13.2 Å². The van der Waals surface area contributed by atoms with Crippen LogP contribution in [0.5, 0.6) is 0 Å². The zero-order chi connectivity index (χ0) is 12.8. The molecule has 1 aliphatic carbocycles. The number of rotatable bonds is 3. The summed E-state index contributed by atoms with van der Waals surface area (Å²) in [7, 11) is 0. The highest BCUT2D eigenvalue weighted by atomic mass is 19.4. The Morgan fingerprint density at radius 3 is 2.72 bits per heavy atom. The number of nitrogens with one attached hydrogen (secondary N) is 1. The van der Waals surface area contributed by atoms with Gasteiger partial charge in [-0.1, -0.05) is 0 Å². The summed E-state index contributed by atoms with van der Waals surface area (Å²) in [6.45, 7) is 0.738. The second-order valence-electron chi connectivity index (χ2n) is 4.33. The number of alkyl halides is 3. The smallest absolute Gasteiger partial charge is 0.368 e. The second kappa shape index (κ2) is 3.82. The van der Waals surface area contributed by atoms with E-state index >= 15 is 0 Å². The van der Waals surface area contributed by atoms with Crippen molar-refractivity contribution in [2.75, 3.05) is 11.9 Å². The van der Waals surface area contributed by atoms with E-state index in [2.05, 4.69) is 20.6 Å². The number of hydrogen-bond donors (Lipinski definition) is 1. The summed E-state index contributed by atoms with van der Waals surface area (Å²) in [5.41, 5.74) is 0.0827. The van der Waals surface area contributed by atoms with Gasteiger partial charge in [-0.15, -0.1) is 15.3 Å². The molecule has 0 atom stereocenters. The first-order valence-corrected chi connectivity index (χ1v) is 5.57. The summed E-state index contributed by atoms with van der Waals surface area (Å²) in [6, 6.07) is 3.07. The van der Waals surface area contributed by atoms with Crippen LogP contribution in [0.15, 0.2) is 12.1 Å². The third kappa shape index (κ3) is 2.09. The first-order chi connectivity index (χ1) is 8.54. The highest BCUT2D eigenvalue weighted by Crippen LogP contribution is 2.29. The minimum absolute atomic E-state index is 0.0827. The summed E-state index contributed by atoms with van der Waals surface area (Å²) >= 11 is 0. The molecule has 2 heterocycles. The summed E-state index contributed by atoms with van der Waals surface area (Å²) < 4.78 is 38.6. The quantitative estimate of drug-likeness (QED) is 0.913. The maximum Gasteiger partial charge on any atom is 0.453 e. The van der Waals surface area contributed by atoms with Crippen LogP contribution in [0.3, 0.4) is 0 Å². The summed E-state index contributed by atoms with van der Waals surface area (Å²) in [5.74, 6) is -0.0854. The van der Waals surface area contributed by atoms with Crippen LogP contribution in [0, 0.1) is 5.92 Å². The molecule has 1 aliphatic rings. The molecule has 0 radical (unpaired) electrons. The maximum atomic E-state index is 12.6. The zero-order valence-electron chi connectivity index (χ0n) is 9.28. The van der Waals surface area contributed by atoms with E-state index in [1.54, 1.807) is 6.07 Å². The lowest BCUT2D eigenvalue weighted by Crippen LogP contribution is -2.14. The van der Waals surface area contributed by atoms with Crippen LogP contribution in [0.25, 0.3) is 5.65 Å². The van der Waals surface area contributed by atoms with Crippen LogP contribution < -0.4 is 5.32 Å². The molecule has 18 heavy (non-hydrogen) atoms. The topological polar surface area (TPSA) is 55.1 Å². The largest absolute Gasteiger partial charge is 0.453 e. The molecule has 96 valence electrons. The first-order valence-electron chi connectivity index (χ1n) is 5.57. The van der Waals surface area contributed by atoms with Crippen LogP contribution in [-0.4, -0.2) is 26.4 Å². The molecule has 1 N–H and O–H groups in total. The lowest BCUT2D eigenvalue weighted by atomic mass is 10.4. The van der Waals surface area contributed by atoms with Crippen molar-refractivity contribution in [3.05, 3.63) is 18.0 Å². The Morgan fingerprint density at radius 2 is 2.06 bits per heavy atom. The van der Waals surface area contributed by atoms with Crippen LogP contribution in [0.4, 0.5) is 19.0 Å². The Kier molecular flexibility index (Phi) is 2.39. The SMILES string of the molecule is FC(F)(F)c1nnc2ccc(NCC3CC3)nn12. The fourth-order valence-electron chi connectivity index (χ4n) is 1.63. The van der Waals surface area contributed by atoms with Gasteiger partial charge in [-0.2, -0.15) is 17.7 Å². The van der Waals surface area contributed by atoms with Crippen molar-refractivity contribution in [2.45, 2.75) is 19.0 Å². The number of nitrogens with zero attached hydrogens (tertiary/aromatic N) is 4. The van der Waals surface area contributed by atoms with Crippen molar-refractivity contribution < 1.29 is 13.2 Å². The van der Waals surface area contributed by atoms with E-state index in [1.807, 2.05) is 0 Å². The number of anilines is 1. The van der Waals surface area contributed by atoms with E-state index in [4.69, 9.17) is 0 Å².